The Hall–Kier alpha value is -1.73. The van der Waals surface area contributed by atoms with E-state index in [1.807, 2.05) is 24.3 Å². The number of ether oxygens (including phenoxy) is 2. The summed E-state index contributed by atoms with van der Waals surface area (Å²) in [4.78, 5) is 0. The van der Waals surface area contributed by atoms with Crippen molar-refractivity contribution < 1.29 is 9.47 Å². The standard InChI is InChI=1S/C17H24N2O2/c1-3-19-17(13-18)11-6-7-14(17)10-12-21-16-9-5-4-8-15(16)20-2/h4-5,8-9,14,19H,3,6-7,10-12H2,1-2H3. The van der Waals surface area contributed by atoms with E-state index in [2.05, 4.69) is 18.3 Å². The summed E-state index contributed by atoms with van der Waals surface area (Å²) in [5.41, 5.74) is -0.362. The van der Waals surface area contributed by atoms with E-state index in [-0.39, 0.29) is 5.54 Å². The molecule has 1 aromatic rings. The van der Waals surface area contributed by atoms with Gasteiger partial charge in [0.05, 0.1) is 19.8 Å². The average Bonchev–Trinajstić information content (AvgIpc) is 2.91. The van der Waals surface area contributed by atoms with Gasteiger partial charge in [0.1, 0.15) is 5.54 Å². The zero-order valence-electron chi connectivity index (χ0n) is 12.9. The van der Waals surface area contributed by atoms with Crippen LogP contribution in [0.25, 0.3) is 0 Å². The number of nitriles is 1. The molecule has 0 spiro atoms. The predicted molar refractivity (Wildman–Crippen MR) is 82.5 cm³/mol. The highest BCUT2D eigenvalue weighted by Crippen LogP contribution is 2.37. The Morgan fingerprint density at radius 1 is 1.38 bits per heavy atom. The highest BCUT2D eigenvalue weighted by atomic mass is 16.5. The van der Waals surface area contributed by atoms with Crippen molar-refractivity contribution in [1.82, 2.24) is 5.32 Å². The van der Waals surface area contributed by atoms with Gasteiger partial charge in [-0.25, -0.2) is 0 Å². The molecular formula is C17H24N2O2. The summed E-state index contributed by atoms with van der Waals surface area (Å²) in [6.07, 6.45) is 4.03. The van der Waals surface area contributed by atoms with E-state index in [0.717, 1.165) is 43.7 Å². The SMILES string of the molecule is CCNC1(C#N)CCCC1CCOc1ccccc1OC. The Bertz CT molecular complexity index is 498. The molecule has 1 saturated carbocycles. The second kappa shape index (κ2) is 7.33. The van der Waals surface area contributed by atoms with E-state index in [9.17, 15) is 5.26 Å². The molecule has 2 atom stereocenters. The summed E-state index contributed by atoms with van der Waals surface area (Å²) < 4.78 is 11.1. The highest BCUT2D eigenvalue weighted by Gasteiger charge is 2.42. The molecule has 1 aromatic carbocycles. The first kappa shape index (κ1) is 15.7. The van der Waals surface area contributed by atoms with Crippen LogP contribution in [0.4, 0.5) is 0 Å². The Labute approximate surface area is 127 Å². The van der Waals surface area contributed by atoms with Crippen molar-refractivity contribution in [3.05, 3.63) is 24.3 Å². The number of benzene rings is 1. The average molecular weight is 288 g/mol. The summed E-state index contributed by atoms with van der Waals surface area (Å²) in [6.45, 7) is 3.50. The summed E-state index contributed by atoms with van der Waals surface area (Å²) >= 11 is 0. The zero-order valence-corrected chi connectivity index (χ0v) is 12.9. The molecular weight excluding hydrogens is 264 g/mol. The Kier molecular flexibility index (Phi) is 5.46. The van der Waals surface area contributed by atoms with Crippen molar-refractivity contribution in [2.75, 3.05) is 20.3 Å². The molecule has 0 bridgehead atoms. The molecule has 1 aliphatic rings. The van der Waals surface area contributed by atoms with Gasteiger partial charge in [-0.15, -0.1) is 0 Å². The van der Waals surface area contributed by atoms with Gasteiger partial charge < -0.3 is 9.47 Å². The third-order valence-corrected chi connectivity index (χ3v) is 4.31. The van der Waals surface area contributed by atoms with Crippen LogP contribution < -0.4 is 14.8 Å². The maximum atomic E-state index is 9.54. The first-order valence-electron chi connectivity index (χ1n) is 7.68. The van der Waals surface area contributed by atoms with E-state index < -0.39 is 0 Å². The fourth-order valence-electron chi connectivity index (χ4n) is 3.25. The molecule has 2 unspecified atom stereocenters. The van der Waals surface area contributed by atoms with Crippen molar-refractivity contribution in [3.8, 4) is 17.6 Å². The summed E-state index contributed by atoms with van der Waals surface area (Å²) in [7, 11) is 1.64. The topological polar surface area (TPSA) is 54.3 Å². The minimum absolute atomic E-state index is 0.358. The Morgan fingerprint density at radius 2 is 2.14 bits per heavy atom. The van der Waals surface area contributed by atoms with Gasteiger partial charge in [0.25, 0.3) is 0 Å². The molecule has 0 aliphatic heterocycles. The van der Waals surface area contributed by atoms with E-state index in [1.54, 1.807) is 7.11 Å². The van der Waals surface area contributed by atoms with Gasteiger partial charge in [0.2, 0.25) is 0 Å². The second-order valence-corrected chi connectivity index (χ2v) is 5.49. The second-order valence-electron chi connectivity index (χ2n) is 5.49. The number of hydrogen-bond donors (Lipinski definition) is 1. The first-order chi connectivity index (χ1) is 10.3. The van der Waals surface area contributed by atoms with Gasteiger partial charge in [0.15, 0.2) is 11.5 Å². The summed E-state index contributed by atoms with van der Waals surface area (Å²) in [5, 5.41) is 12.9. The molecule has 1 N–H and O–H groups in total. The van der Waals surface area contributed by atoms with Crippen molar-refractivity contribution in [3.63, 3.8) is 0 Å². The van der Waals surface area contributed by atoms with Gasteiger partial charge in [-0.2, -0.15) is 5.26 Å². The lowest BCUT2D eigenvalue weighted by Gasteiger charge is -2.29. The lowest BCUT2D eigenvalue weighted by Crippen LogP contribution is -2.47. The number of hydrogen-bond acceptors (Lipinski definition) is 4. The van der Waals surface area contributed by atoms with Gasteiger partial charge >= 0.3 is 0 Å². The molecule has 0 radical (unpaired) electrons. The smallest absolute Gasteiger partial charge is 0.161 e. The van der Waals surface area contributed by atoms with E-state index in [0.29, 0.717) is 12.5 Å². The molecule has 0 saturated heterocycles. The molecule has 1 aliphatic carbocycles. The fraction of sp³-hybridized carbons (Fsp3) is 0.588. The minimum atomic E-state index is -0.362. The number of rotatable bonds is 7. The van der Waals surface area contributed by atoms with E-state index in [4.69, 9.17) is 9.47 Å². The van der Waals surface area contributed by atoms with Crippen LogP contribution in [-0.4, -0.2) is 25.8 Å². The van der Waals surface area contributed by atoms with Gasteiger partial charge in [-0.1, -0.05) is 25.5 Å². The lowest BCUT2D eigenvalue weighted by molar-refractivity contribution is 0.228. The Morgan fingerprint density at radius 3 is 2.81 bits per heavy atom. The highest BCUT2D eigenvalue weighted by molar-refractivity contribution is 5.39. The zero-order chi connectivity index (χ0) is 15.1. The molecule has 0 aromatic heterocycles. The van der Waals surface area contributed by atoms with Gasteiger partial charge in [0, 0.05) is 0 Å². The largest absolute Gasteiger partial charge is 0.493 e. The van der Waals surface area contributed by atoms with Crippen molar-refractivity contribution in [1.29, 1.82) is 5.26 Å². The van der Waals surface area contributed by atoms with Crippen LogP contribution >= 0.6 is 0 Å². The number of methoxy groups -OCH3 is 1. The molecule has 4 heteroatoms. The molecule has 21 heavy (non-hydrogen) atoms. The normalized spacial score (nSPS) is 24.5. The number of nitrogens with one attached hydrogen (secondary N) is 1. The van der Waals surface area contributed by atoms with E-state index in [1.165, 1.54) is 0 Å². The molecule has 0 heterocycles. The minimum Gasteiger partial charge on any atom is -0.493 e. The maximum absolute atomic E-state index is 9.54. The van der Waals surface area contributed by atoms with Gasteiger partial charge in [-0.3, -0.25) is 5.32 Å². The maximum Gasteiger partial charge on any atom is 0.161 e. The first-order valence-corrected chi connectivity index (χ1v) is 7.68. The quantitative estimate of drug-likeness (QED) is 0.837. The third-order valence-electron chi connectivity index (χ3n) is 4.31. The van der Waals surface area contributed by atoms with Crippen LogP contribution in [0.3, 0.4) is 0 Å². The van der Waals surface area contributed by atoms with Crippen LogP contribution in [0, 0.1) is 17.2 Å². The van der Waals surface area contributed by atoms with Crippen LogP contribution in [0.2, 0.25) is 0 Å². The molecule has 114 valence electrons. The van der Waals surface area contributed by atoms with Gasteiger partial charge in [-0.05, 0) is 43.9 Å². The number of nitrogens with zero attached hydrogens (tertiary/aromatic N) is 1. The van der Waals surface area contributed by atoms with Crippen molar-refractivity contribution >= 4 is 0 Å². The molecule has 2 rings (SSSR count). The predicted octanol–water partition coefficient (Wildman–Crippen LogP) is 3.14. The van der Waals surface area contributed by atoms with Crippen LogP contribution in [0.1, 0.15) is 32.6 Å². The molecule has 1 fully saturated rings. The molecule has 0 amide bonds. The van der Waals surface area contributed by atoms with Crippen molar-refractivity contribution in [2.45, 2.75) is 38.1 Å². The summed E-state index contributed by atoms with van der Waals surface area (Å²) in [6, 6.07) is 10.2. The fourth-order valence-corrected chi connectivity index (χ4v) is 3.25. The van der Waals surface area contributed by atoms with Crippen molar-refractivity contribution in [2.24, 2.45) is 5.92 Å². The van der Waals surface area contributed by atoms with Crippen LogP contribution in [0.15, 0.2) is 24.3 Å². The van der Waals surface area contributed by atoms with E-state index >= 15 is 0 Å². The lowest BCUT2D eigenvalue weighted by atomic mass is 9.86. The number of para-hydroxylation sites is 2. The Balaban J connectivity index is 1.92. The molecule has 4 nitrogen and oxygen atoms in total. The summed E-state index contributed by atoms with van der Waals surface area (Å²) in [5.74, 6) is 1.88. The monoisotopic (exact) mass is 288 g/mol. The third kappa shape index (κ3) is 3.48. The van der Waals surface area contributed by atoms with Crippen LogP contribution in [-0.2, 0) is 0 Å². The van der Waals surface area contributed by atoms with Crippen LogP contribution in [0.5, 0.6) is 11.5 Å².